The van der Waals surface area contributed by atoms with Gasteiger partial charge in [-0.2, -0.15) is 0 Å². The van der Waals surface area contributed by atoms with E-state index in [1.165, 1.54) is 12.8 Å². The minimum Gasteiger partial charge on any atom is -0.341 e. The average molecular weight is 321 g/mol. The molecule has 3 nitrogen and oxygen atoms in total. The molecule has 0 spiro atoms. The summed E-state index contributed by atoms with van der Waals surface area (Å²) in [6.45, 7) is 0.858. The molecule has 21 heavy (non-hydrogen) atoms. The standard InChI is InChI=1S/C16H17ClN2OS/c1-19(9-11-5-6-11)16(20)13-4-2-3-12(7-13)15-18-14(8-17)10-21-15/h2-4,7,10-11H,5-6,8-9H2,1H3. The van der Waals surface area contributed by atoms with E-state index in [0.717, 1.165) is 28.4 Å². The zero-order chi connectivity index (χ0) is 14.8. The van der Waals surface area contributed by atoms with Crippen LogP contribution in [0.15, 0.2) is 29.6 Å². The topological polar surface area (TPSA) is 33.2 Å². The molecule has 1 amide bonds. The molecule has 1 heterocycles. The van der Waals surface area contributed by atoms with E-state index in [1.807, 2.05) is 41.6 Å². The van der Waals surface area contributed by atoms with Crippen molar-refractivity contribution < 1.29 is 4.79 Å². The quantitative estimate of drug-likeness (QED) is 0.779. The molecule has 1 aromatic heterocycles. The van der Waals surface area contributed by atoms with Gasteiger partial charge in [-0.05, 0) is 30.9 Å². The molecule has 1 saturated carbocycles. The number of carbonyl (C=O) groups excluding carboxylic acids is 1. The number of aromatic nitrogens is 1. The van der Waals surface area contributed by atoms with Crippen molar-refractivity contribution in [3.05, 3.63) is 40.9 Å². The number of hydrogen-bond acceptors (Lipinski definition) is 3. The number of nitrogens with zero attached hydrogens (tertiary/aromatic N) is 2. The number of benzene rings is 1. The highest BCUT2D eigenvalue weighted by Crippen LogP contribution is 2.30. The largest absolute Gasteiger partial charge is 0.341 e. The van der Waals surface area contributed by atoms with Gasteiger partial charge in [-0.1, -0.05) is 12.1 Å². The number of carbonyl (C=O) groups is 1. The summed E-state index contributed by atoms with van der Waals surface area (Å²) in [6, 6.07) is 7.68. The Morgan fingerprint density at radius 3 is 2.95 bits per heavy atom. The van der Waals surface area contributed by atoms with Gasteiger partial charge in [0, 0.05) is 30.1 Å². The lowest BCUT2D eigenvalue weighted by atomic mass is 10.1. The summed E-state index contributed by atoms with van der Waals surface area (Å²) < 4.78 is 0. The second-order valence-corrected chi connectivity index (χ2v) is 6.61. The minimum absolute atomic E-state index is 0.0814. The van der Waals surface area contributed by atoms with Crippen LogP contribution in [0.3, 0.4) is 0 Å². The van der Waals surface area contributed by atoms with Gasteiger partial charge in [0.05, 0.1) is 11.6 Å². The normalized spacial score (nSPS) is 14.2. The van der Waals surface area contributed by atoms with Crippen LogP contribution in [-0.2, 0) is 5.88 Å². The molecule has 0 N–H and O–H groups in total. The highest BCUT2D eigenvalue weighted by molar-refractivity contribution is 7.13. The third-order valence-electron chi connectivity index (χ3n) is 3.62. The second kappa shape index (κ2) is 6.16. The van der Waals surface area contributed by atoms with Crippen LogP contribution in [0.25, 0.3) is 10.6 Å². The van der Waals surface area contributed by atoms with Crippen molar-refractivity contribution in [1.82, 2.24) is 9.88 Å². The lowest BCUT2D eigenvalue weighted by Gasteiger charge is -2.17. The Balaban J connectivity index is 1.80. The van der Waals surface area contributed by atoms with Crippen LogP contribution in [0, 0.1) is 5.92 Å². The molecule has 0 atom stereocenters. The molecular weight excluding hydrogens is 304 g/mol. The van der Waals surface area contributed by atoms with Crippen LogP contribution in [0.1, 0.15) is 28.9 Å². The first-order valence-corrected chi connectivity index (χ1v) is 8.45. The van der Waals surface area contributed by atoms with Crippen molar-refractivity contribution in [2.75, 3.05) is 13.6 Å². The van der Waals surface area contributed by atoms with Gasteiger partial charge in [-0.25, -0.2) is 4.98 Å². The van der Waals surface area contributed by atoms with E-state index < -0.39 is 0 Å². The Hall–Kier alpha value is -1.39. The predicted molar refractivity (Wildman–Crippen MR) is 86.8 cm³/mol. The van der Waals surface area contributed by atoms with E-state index in [4.69, 9.17) is 11.6 Å². The van der Waals surface area contributed by atoms with Crippen molar-refractivity contribution in [3.8, 4) is 10.6 Å². The smallest absolute Gasteiger partial charge is 0.253 e. The average Bonchev–Trinajstić information content (AvgIpc) is 3.19. The fraction of sp³-hybridized carbons (Fsp3) is 0.375. The van der Waals surface area contributed by atoms with Crippen molar-refractivity contribution in [1.29, 1.82) is 0 Å². The van der Waals surface area contributed by atoms with Crippen LogP contribution in [0.5, 0.6) is 0 Å². The van der Waals surface area contributed by atoms with E-state index in [0.29, 0.717) is 11.8 Å². The highest BCUT2D eigenvalue weighted by atomic mass is 35.5. The zero-order valence-corrected chi connectivity index (χ0v) is 13.5. The maximum atomic E-state index is 12.4. The number of rotatable bonds is 5. The molecule has 5 heteroatoms. The number of halogens is 1. The molecule has 0 unspecified atom stereocenters. The van der Waals surface area contributed by atoms with Gasteiger partial charge in [0.1, 0.15) is 5.01 Å². The summed E-state index contributed by atoms with van der Waals surface area (Å²) in [4.78, 5) is 18.7. The number of hydrogen-bond donors (Lipinski definition) is 0. The first-order chi connectivity index (χ1) is 10.2. The molecule has 2 aromatic rings. The second-order valence-electron chi connectivity index (χ2n) is 5.49. The van der Waals surface area contributed by atoms with Crippen molar-refractivity contribution in [2.45, 2.75) is 18.7 Å². The Bertz CT molecular complexity index is 651. The molecule has 1 aromatic carbocycles. The van der Waals surface area contributed by atoms with E-state index in [1.54, 1.807) is 11.3 Å². The third-order valence-corrected chi connectivity index (χ3v) is 4.83. The van der Waals surface area contributed by atoms with E-state index in [2.05, 4.69) is 4.98 Å². The Morgan fingerprint density at radius 1 is 1.48 bits per heavy atom. The summed E-state index contributed by atoms with van der Waals surface area (Å²) >= 11 is 7.34. The summed E-state index contributed by atoms with van der Waals surface area (Å²) in [6.07, 6.45) is 2.50. The minimum atomic E-state index is 0.0814. The van der Waals surface area contributed by atoms with Crippen LogP contribution in [0.4, 0.5) is 0 Å². The van der Waals surface area contributed by atoms with Crippen molar-refractivity contribution in [3.63, 3.8) is 0 Å². The summed E-state index contributed by atoms with van der Waals surface area (Å²) in [5.41, 5.74) is 2.57. The molecular formula is C16H17ClN2OS. The predicted octanol–water partition coefficient (Wildman–Crippen LogP) is 4.03. The lowest BCUT2D eigenvalue weighted by Crippen LogP contribution is -2.28. The van der Waals surface area contributed by atoms with Crippen molar-refractivity contribution >= 4 is 28.8 Å². The summed E-state index contributed by atoms with van der Waals surface area (Å²) in [5, 5.41) is 2.86. The van der Waals surface area contributed by atoms with Gasteiger partial charge < -0.3 is 4.90 Å². The molecule has 110 valence electrons. The zero-order valence-electron chi connectivity index (χ0n) is 11.9. The van der Waals surface area contributed by atoms with Gasteiger partial charge in [-0.3, -0.25) is 4.79 Å². The molecule has 1 fully saturated rings. The van der Waals surface area contributed by atoms with E-state index in [-0.39, 0.29) is 5.91 Å². The monoisotopic (exact) mass is 320 g/mol. The van der Waals surface area contributed by atoms with Gasteiger partial charge in [0.25, 0.3) is 5.91 Å². The third kappa shape index (κ3) is 3.44. The maximum Gasteiger partial charge on any atom is 0.253 e. The van der Waals surface area contributed by atoms with Crippen molar-refractivity contribution in [2.24, 2.45) is 5.92 Å². The van der Waals surface area contributed by atoms with Crippen LogP contribution in [-0.4, -0.2) is 29.4 Å². The Morgan fingerprint density at radius 2 is 2.29 bits per heavy atom. The molecule has 1 aliphatic carbocycles. The molecule has 0 saturated heterocycles. The van der Waals surface area contributed by atoms with Gasteiger partial charge >= 0.3 is 0 Å². The maximum absolute atomic E-state index is 12.4. The molecule has 0 bridgehead atoms. The Kier molecular flexibility index (Phi) is 4.27. The first kappa shape index (κ1) is 14.5. The molecule has 0 radical (unpaired) electrons. The number of amides is 1. The van der Waals surface area contributed by atoms with Crippen LogP contribution < -0.4 is 0 Å². The molecule has 1 aliphatic rings. The van der Waals surface area contributed by atoms with Gasteiger partial charge in [-0.15, -0.1) is 22.9 Å². The SMILES string of the molecule is CN(CC1CC1)C(=O)c1cccc(-c2nc(CCl)cs2)c1. The van der Waals surface area contributed by atoms with Gasteiger partial charge in [0.2, 0.25) is 0 Å². The fourth-order valence-corrected chi connectivity index (χ4v) is 3.32. The summed E-state index contributed by atoms with van der Waals surface area (Å²) in [7, 11) is 1.88. The van der Waals surface area contributed by atoms with Crippen LogP contribution >= 0.6 is 22.9 Å². The highest BCUT2D eigenvalue weighted by Gasteiger charge is 2.25. The fourth-order valence-electron chi connectivity index (χ4n) is 2.28. The number of alkyl halides is 1. The van der Waals surface area contributed by atoms with Gasteiger partial charge in [0.15, 0.2) is 0 Å². The number of thiazole rings is 1. The van der Waals surface area contributed by atoms with E-state index >= 15 is 0 Å². The lowest BCUT2D eigenvalue weighted by molar-refractivity contribution is 0.0789. The van der Waals surface area contributed by atoms with E-state index in [9.17, 15) is 4.79 Å². The molecule has 0 aliphatic heterocycles. The van der Waals surface area contributed by atoms with Crippen LogP contribution in [0.2, 0.25) is 0 Å². The first-order valence-electron chi connectivity index (χ1n) is 7.03. The Labute approximate surface area is 133 Å². The summed E-state index contributed by atoms with van der Waals surface area (Å²) in [5.74, 6) is 1.20. The molecule has 3 rings (SSSR count).